The van der Waals surface area contributed by atoms with Crippen LogP contribution in [0.5, 0.6) is 0 Å². The largest absolute Gasteiger partial charge is 0.390 e. The number of nitrogens with zero attached hydrogens (tertiary/aromatic N) is 2. The molecule has 0 bridgehead atoms. The van der Waals surface area contributed by atoms with E-state index in [4.69, 9.17) is 5.73 Å². The smallest absolute Gasteiger partial charge is 0.247 e. The van der Waals surface area contributed by atoms with Gasteiger partial charge in [-0.25, -0.2) is 0 Å². The number of carbonyl (C=O) groups excluding carboxylic acids is 2. The molecule has 0 spiro atoms. The standard InChI is InChI=1S/C33H38N6O2/c34-21-27(22-36-16-13-24-5-2-1-3-6-24)26-8-4-7-25(19-26)9-12-31(40)38-30-20-29(14-17-37-30)39-18-15-33(23-35,32(39)41)28-10-11-28/h1-8,14,19-20,22,28,36-37H,9-13,15-18,21,34H2,(H,38,40)/b27-22+. The normalized spacial score (nSPS) is 20.5. The first kappa shape index (κ1) is 28.2. The average molecular weight is 551 g/mol. The highest BCUT2D eigenvalue weighted by Crippen LogP contribution is 2.51. The summed E-state index contributed by atoms with van der Waals surface area (Å²) in [5.74, 6) is 0.547. The third kappa shape index (κ3) is 6.69. The fraction of sp³-hybridized carbons (Fsp3) is 0.364. The number of hydrogen-bond acceptors (Lipinski definition) is 6. The molecule has 8 heteroatoms. The molecule has 0 aromatic heterocycles. The summed E-state index contributed by atoms with van der Waals surface area (Å²) in [5, 5.41) is 19.3. The van der Waals surface area contributed by atoms with Gasteiger partial charge in [-0.3, -0.25) is 9.59 Å². The number of hydrogen-bond donors (Lipinski definition) is 4. The molecule has 2 aromatic rings. The van der Waals surface area contributed by atoms with Crippen molar-refractivity contribution in [3.05, 3.63) is 101 Å². The van der Waals surface area contributed by atoms with Crippen LogP contribution < -0.4 is 21.7 Å². The molecule has 1 atom stereocenters. The quantitative estimate of drug-likeness (QED) is 0.301. The molecule has 41 heavy (non-hydrogen) atoms. The Kier molecular flexibility index (Phi) is 8.85. The van der Waals surface area contributed by atoms with Crippen LogP contribution in [-0.2, 0) is 22.4 Å². The van der Waals surface area contributed by atoms with Crippen LogP contribution in [0.25, 0.3) is 5.57 Å². The zero-order chi connectivity index (χ0) is 28.7. The van der Waals surface area contributed by atoms with Gasteiger partial charge in [0, 0.05) is 50.6 Å². The van der Waals surface area contributed by atoms with Gasteiger partial charge in [0.2, 0.25) is 11.8 Å². The van der Waals surface area contributed by atoms with Crippen LogP contribution in [0.4, 0.5) is 0 Å². The van der Waals surface area contributed by atoms with Crippen molar-refractivity contribution < 1.29 is 9.59 Å². The number of amides is 2. The van der Waals surface area contributed by atoms with E-state index >= 15 is 0 Å². The Balaban J connectivity index is 1.13. The molecular formula is C33H38N6O2. The van der Waals surface area contributed by atoms with Crippen molar-refractivity contribution in [1.82, 2.24) is 20.9 Å². The van der Waals surface area contributed by atoms with E-state index in [2.05, 4.69) is 40.2 Å². The minimum Gasteiger partial charge on any atom is -0.390 e. The average Bonchev–Trinajstić information content (AvgIpc) is 3.80. The highest BCUT2D eigenvalue weighted by atomic mass is 16.2. The molecule has 1 aliphatic carbocycles. The van der Waals surface area contributed by atoms with Crippen molar-refractivity contribution in [2.24, 2.45) is 17.1 Å². The van der Waals surface area contributed by atoms with Gasteiger partial charge < -0.3 is 26.6 Å². The minimum absolute atomic E-state index is 0.102. The van der Waals surface area contributed by atoms with Crippen molar-refractivity contribution in [2.75, 3.05) is 26.2 Å². The molecule has 2 heterocycles. The Morgan fingerprint density at radius 3 is 2.71 bits per heavy atom. The number of likely N-dealkylation sites (tertiary alicyclic amines) is 1. The summed E-state index contributed by atoms with van der Waals surface area (Å²) in [6, 6.07) is 20.8. The van der Waals surface area contributed by atoms with E-state index in [1.54, 1.807) is 11.0 Å². The van der Waals surface area contributed by atoms with Gasteiger partial charge in [-0.2, -0.15) is 5.26 Å². The second kappa shape index (κ2) is 12.9. The lowest BCUT2D eigenvalue weighted by atomic mass is 9.83. The maximum atomic E-state index is 13.2. The number of aryl methyl sites for hydroxylation is 1. The molecule has 2 aromatic carbocycles. The Morgan fingerprint density at radius 2 is 1.95 bits per heavy atom. The number of carbonyl (C=O) groups is 2. The molecule has 0 radical (unpaired) electrons. The van der Waals surface area contributed by atoms with E-state index in [9.17, 15) is 14.9 Å². The first-order valence-electron chi connectivity index (χ1n) is 14.5. The van der Waals surface area contributed by atoms with Gasteiger partial charge in [-0.1, -0.05) is 54.6 Å². The highest BCUT2D eigenvalue weighted by Gasteiger charge is 2.57. The first-order chi connectivity index (χ1) is 20.0. The van der Waals surface area contributed by atoms with E-state index < -0.39 is 5.41 Å². The number of rotatable bonds is 12. The van der Waals surface area contributed by atoms with Crippen molar-refractivity contribution in [2.45, 2.75) is 38.5 Å². The number of nitrogens with two attached hydrogens (primary N) is 1. The molecule has 5 N–H and O–H groups in total. The zero-order valence-electron chi connectivity index (χ0n) is 23.4. The lowest BCUT2D eigenvalue weighted by Crippen LogP contribution is -2.38. The Labute approximate surface area is 242 Å². The summed E-state index contributed by atoms with van der Waals surface area (Å²) >= 11 is 0. The second-order valence-electron chi connectivity index (χ2n) is 10.9. The molecular weight excluding hydrogens is 512 g/mol. The number of dihydropyridines is 1. The summed E-state index contributed by atoms with van der Waals surface area (Å²) < 4.78 is 0. The maximum absolute atomic E-state index is 13.2. The van der Waals surface area contributed by atoms with Crippen molar-refractivity contribution in [1.29, 1.82) is 5.26 Å². The van der Waals surface area contributed by atoms with Gasteiger partial charge >= 0.3 is 0 Å². The first-order valence-corrected chi connectivity index (χ1v) is 14.5. The molecule has 212 valence electrons. The van der Waals surface area contributed by atoms with Crippen molar-refractivity contribution >= 4 is 17.4 Å². The van der Waals surface area contributed by atoms with Gasteiger partial charge in [-0.05, 0) is 66.4 Å². The van der Waals surface area contributed by atoms with Gasteiger partial charge in [0.25, 0.3) is 0 Å². The van der Waals surface area contributed by atoms with Crippen LogP contribution in [0.1, 0.15) is 42.4 Å². The van der Waals surface area contributed by atoms with Crippen LogP contribution in [0, 0.1) is 22.7 Å². The Bertz CT molecular complexity index is 1400. The molecule has 5 rings (SSSR count). The Morgan fingerprint density at radius 1 is 1.15 bits per heavy atom. The molecule has 1 saturated carbocycles. The molecule has 2 fully saturated rings. The second-order valence-corrected chi connectivity index (χ2v) is 10.9. The van der Waals surface area contributed by atoms with Crippen molar-refractivity contribution in [3.63, 3.8) is 0 Å². The van der Waals surface area contributed by atoms with Gasteiger partial charge in [-0.15, -0.1) is 0 Å². The predicted molar refractivity (Wildman–Crippen MR) is 159 cm³/mol. The molecule has 2 aliphatic heterocycles. The van der Waals surface area contributed by atoms with Gasteiger partial charge in [0.05, 0.1) is 6.07 Å². The lowest BCUT2D eigenvalue weighted by Gasteiger charge is -2.25. The summed E-state index contributed by atoms with van der Waals surface area (Å²) in [5.41, 5.74) is 10.3. The SMILES string of the molecule is N#CC1(C2CC2)CCN(C2=CCNC(NC(=O)CCc3cccc(/C(=C/NCCc4ccccc4)CN)c3)=C2)C1=O. The van der Waals surface area contributed by atoms with E-state index in [1.165, 1.54) is 5.56 Å². The van der Waals surface area contributed by atoms with Gasteiger partial charge in [0.15, 0.2) is 0 Å². The highest BCUT2D eigenvalue weighted by molar-refractivity contribution is 5.90. The van der Waals surface area contributed by atoms with Crippen LogP contribution in [0.2, 0.25) is 0 Å². The van der Waals surface area contributed by atoms with Crippen LogP contribution in [0.15, 0.2) is 84.5 Å². The topological polar surface area (TPSA) is 123 Å². The third-order valence-electron chi connectivity index (χ3n) is 8.15. The molecule has 1 unspecified atom stereocenters. The fourth-order valence-electron chi connectivity index (χ4n) is 5.64. The van der Waals surface area contributed by atoms with Crippen LogP contribution in [0.3, 0.4) is 0 Å². The number of nitriles is 1. The number of nitrogens with one attached hydrogen (secondary N) is 3. The van der Waals surface area contributed by atoms with E-state index in [0.29, 0.717) is 44.7 Å². The number of allylic oxidation sites excluding steroid dienone is 1. The number of benzene rings is 2. The molecule has 3 aliphatic rings. The van der Waals surface area contributed by atoms with Crippen molar-refractivity contribution in [3.8, 4) is 6.07 Å². The molecule has 1 saturated heterocycles. The Hall–Kier alpha value is -4.35. The van der Waals surface area contributed by atoms with Crippen LogP contribution >= 0.6 is 0 Å². The maximum Gasteiger partial charge on any atom is 0.247 e. The summed E-state index contributed by atoms with van der Waals surface area (Å²) in [6.45, 7) is 2.27. The summed E-state index contributed by atoms with van der Waals surface area (Å²) in [6.07, 6.45) is 10.0. The fourth-order valence-corrected chi connectivity index (χ4v) is 5.64. The predicted octanol–water partition coefficient (Wildman–Crippen LogP) is 3.35. The van der Waals surface area contributed by atoms with E-state index in [-0.39, 0.29) is 17.7 Å². The van der Waals surface area contributed by atoms with Crippen LogP contribution in [-0.4, -0.2) is 42.9 Å². The minimum atomic E-state index is -0.880. The van der Waals surface area contributed by atoms with E-state index in [0.717, 1.165) is 48.2 Å². The lowest BCUT2D eigenvalue weighted by molar-refractivity contribution is -0.132. The third-order valence-corrected chi connectivity index (χ3v) is 8.15. The zero-order valence-corrected chi connectivity index (χ0v) is 23.4. The molecule has 2 amide bonds. The van der Waals surface area contributed by atoms with Gasteiger partial charge in [0.1, 0.15) is 11.2 Å². The molecule has 8 nitrogen and oxygen atoms in total. The summed E-state index contributed by atoms with van der Waals surface area (Å²) in [7, 11) is 0. The summed E-state index contributed by atoms with van der Waals surface area (Å²) in [4.78, 5) is 27.7. The van der Waals surface area contributed by atoms with E-state index in [1.807, 2.05) is 48.7 Å². The monoisotopic (exact) mass is 550 g/mol.